The van der Waals surface area contributed by atoms with Crippen LogP contribution in [0.5, 0.6) is 0 Å². The quantitative estimate of drug-likeness (QED) is 0.930. The molecule has 2 rings (SSSR count). The Bertz CT molecular complexity index is 620. The second-order valence-electron chi connectivity index (χ2n) is 5.18. The summed E-state index contributed by atoms with van der Waals surface area (Å²) in [4.78, 5) is 0. The zero-order chi connectivity index (χ0) is 14.9. The molecule has 0 spiro atoms. The molecule has 3 nitrogen and oxygen atoms in total. The minimum atomic E-state index is -0.296. The Morgan fingerprint density at radius 3 is 2.60 bits per heavy atom. The van der Waals surface area contributed by atoms with Crippen LogP contribution in [0.1, 0.15) is 30.8 Å². The molecule has 0 aliphatic carbocycles. The summed E-state index contributed by atoms with van der Waals surface area (Å²) in [5, 5.41) is 8.22. The number of aryl methyl sites for hydroxylation is 1. The summed E-state index contributed by atoms with van der Waals surface area (Å²) in [7, 11) is 0. The van der Waals surface area contributed by atoms with Crippen LogP contribution in [0.3, 0.4) is 0 Å². The number of aromatic nitrogens is 2. The summed E-state index contributed by atoms with van der Waals surface area (Å²) in [5.74, 6) is -0.296. The van der Waals surface area contributed by atoms with E-state index in [9.17, 15) is 4.39 Å². The molecule has 0 saturated carbocycles. The van der Waals surface area contributed by atoms with E-state index in [0.29, 0.717) is 29.0 Å². The van der Waals surface area contributed by atoms with Crippen LogP contribution in [0.15, 0.2) is 18.2 Å². The van der Waals surface area contributed by atoms with Crippen molar-refractivity contribution in [1.82, 2.24) is 15.1 Å². The lowest BCUT2D eigenvalue weighted by molar-refractivity contribution is 0.571. The first-order valence-electron chi connectivity index (χ1n) is 6.64. The highest BCUT2D eigenvalue weighted by Gasteiger charge is 2.17. The second kappa shape index (κ2) is 5.94. The molecular formula is C15H19ClFN3. The molecule has 1 aromatic heterocycles. The summed E-state index contributed by atoms with van der Waals surface area (Å²) in [5.41, 5.74) is 2.78. The van der Waals surface area contributed by atoms with Crippen LogP contribution < -0.4 is 5.32 Å². The van der Waals surface area contributed by atoms with Gasteiger partial charge in [-0.2, -0.15) is 5.10 Å². The molecule has 1 heterocycles. The van der Waals surface area contributed by atoms with Gasteiger partial charge in [0.05, 0.1) is 16.4 Å². The minimum absolute atomic E-state index is 0.296. The predicted octanol–water partition coefficient (Wildman–Crippen LogP) is 3.78. The largest absolute Gasteiger partial charge is 0.310 e. The third-order valence-electron chi connectivity index (χ3n) is 3.19. The maximum atomic E-state index is 14.2. The average Bonchev–Trinajstić information content (AvgIpc) is 2.64. The molecule has 2 aromatic rings. The van der Waals surface area contributed by atoms with Gasteiger partial charge >= 0.3 is 0 Å². The molecule has 0 bridgehead atoms. The number of nitrogens with zero attached hydrogens (tertiary/aromatic N) is 2. The highest BCUT2D eigenvalue weighted by molar-refractivity contribution is 6.31. The SMILES string of the molecule is Cc1nn(-c2c(F)cccc2CNC(C)C)c(C)c1Cl. The summed E-state index contributed by atoms with van der Waals surface area (Å²) < 4.78 is 15.8. The van der Waals surface area contributed by atoms with Gasteiger partial charge in [0, 0.05) is 12.6 Å². The standard InChI is InChI=1S/C15H19ClFN3/c1-9(2)18-8-12-6-5-7-13(17)15(12)20-11(4)14(16)10(3)19-20/h5-7,9,18H,8H2,1-4H3. The Balaban J connectivity index is 2.51. The highest BCUT2D eigenvalue weighted by Crippen LogP contribution is 2.26. The fourth-order valence-electron chi connectivity index (χ4n) is 2.10. The van der Waals surface area contributed by atoms with Crippen molar-refractivity contribution in [1.29, 1.82) is 0 Å². The molecule has 20 heavy (non-hydrogen) atoms. The number of halogens is 2. The van der Waals surface area contributed by atoms with E-state index in [1.54, 1.807) is 10.7 Å². The molecule has 108 valence electrons. The summed E-state index contributed by atoms with van der Waals surface area (Å²) in [6, 6.07) is 5.38. The number of benzene rings is 1. The normalized spacial score (nSPS) is 11.3. The van der Waals surface area contributed by atoms with E-state index in [0.717, 1.165) is 11.3 Å². The Morgan fingerprint density at radius 2 is 2.05 bits per heavy atom. The van der Waals surface area contributed by atoms with Crippen LogP contribution in [0.25, 0.3) is 5.69 Å². The minimum Gasteiger partial charge on any atom is -0.310 e. The molecule has 5 heteroatoms. The Kier molecular flexibility index (Phi) is 4.45. The number of rotatable bonds is 4. The fourth-order valence-corrected chi connectivity index (χ4v) is 2.21. The van der Waals surface area contributed by atoms with E-state index in [1.807, 2.05) is 19.9 Å². The summed E-state index contributed by atoms with van der Waals surface area (Å²) in [6.07, 6.45) is 0. The molecule has 0 amide bonds. The highest BCUT2D eigenvalue weighted by atomic mass is 35.5. The summed E-state index contributed by atoms with van der Waals surface area (Å²) in [6.45, 7) is 8.35. The van der Waals surface area contributed by atoms with Crippen LogP contribution in [0.2, 0.25) is 5.02 Å². The molecule has 0 aliphatic rings. The van der Waals surface area contributed by atoms with Crippen molar-refractivity contribution in [2.24, 2.45) is 0 Å². The van der Waals surface area contributed by atoms with Gasteiger partial charge in [0.1, 0.15) is 11.5 Å². The fraction of sp³-hybridized carbons (Fsp3) is 0.400. The van der Waals surface area contributed by atoms with Crippen molar-refractivity contribution >= 4 is 11.6 Å². The van der Waals surface area contributed by atoms with Crippen molar-refractivity contribution in [3.05, 3.63) is 46.0 Å². The van der Waals surface area contributed by atoms with Crippen molar-refractivity contribution in [2.45, 2.75) is 40.3 Å². The van der Waals surface area contributed by atoms with Crippen molar-refractivity contribution in [3.63, 3.8) is 0 Å². The maximum absolute atomic E-state index is 14.2. The van der Waals surface area contributed by atoms with Crippen LogP contribution >= 0.6 is 11.6 Å². The van der Waals surface area contributed by atoms with Crippen molar-refractivity contribution in [3.8, 4) is 5.69 Å². The van der Waals surface area contributed by atoms with E-state index in [2.05, 4.69) is 24.3 Å². The number of hydrogen-bond donors (Lipinski definition) is 1. The maximum Gasteiger partial charge on any atom is 0.149 e. The van der Waals surface area contributed by atoms with E-state index in [-0.39, 0.29) is 5.82 Å². The number of nitrogens with one attached hydrogen (secondary N) is 1. The first-order valence-corrected chi connectivity index (χ1v) is 7.02. The van der Waals surface area contributed by atoms with E-state index < -0.39 is 0 Å². The van der Waals surface area contributed by atoms with Gasteiger partial charge in [-0.15, -0.1) is 0 Å². The molecule has 0 fully saturated rings. The van der Waals surface area contributed by atoms with E-state index in [4.69, 9.17) is 11.6 Å². The molecule has 0 saturated heterocycles. The van der Waals surface area contributed by atoms with Gasteiger partial charge < -0.3 is 5.32 Å². The zero-order valence-corrected chi connectivity index (χ0v) is 12.9. The predicted molar refractivity (Wildman–Crippen MR) is 80.0 cm³/mol. The topological polar surface area (TPSA) is 29.9 Å². The van der Waals surface area contributed by atoms with Crippen molar-refractivity contribution in [2.75, 3.05) is 0 Å². The Labute approximate surface area is 123 Å². The van der Waals surface area contributed by atoms with Gasteiger partial charge in [-0.1, -0.05) is 37.6 Å². The first kappa shape index (κ1) is 15.0. The molecular weight excluding hydrogens is 277 g/mol. The monoisotopic (exact) mass is 295 g/mol. The van der Waals surface area contributed by atoms with Gasteiger partial charge in [0.15, 0.2) is 0 Å². The summed E-state index contributed by atoms with van der Waals surface area (Å²) >= 11 is 6.16. The second-order valence-corrected chi connectivity index (χ2v) is 5.56. The van der Waals surface area contributed by atoms with Gasteiger partial charge in [-0.3, -0.25) is 0 Å². The lowest BCUT2D eigenvalue weighted by Gasteiger charge is -2.14. The lowest BCUT2D eigenvalue weighted by atomic mass is 10.1. The van der Waals surface area contributed by atoms with Crippen molar-refractivity contribution < 1.29 is 4.39 Å². The van der Waals surface area contributed by atoms with Crippen LogP contribution in [-0.4, -0.2) is 15.8 Å². The van der Waals surface area contributed by atoms with Gasteiger partial charge in [0.2, 0.25) is 0 Å². The lowest BCUT2D eigenvalue weighted by Crippen LogP contribution is -2.23. The number of hydrogen-bond acceptors (Lipinski definition) is 2. The van der Waals surface area contributed by atoms with Crippen LogP contribution in [0, 0.1) is 19.7 Å². The number of para-hydroxylation sites is 1. The van der Waals surface area contributed by atoms with E-state index in [1.165, 1.54) is 6.07 Å². The Hall–Kier alpha value is -1.39. The third kappa shape index (κ3) is 2.86. The molecule has 1 N–H and O–H groups in total. The zero-order valence-electron chi connectivity index (χ0n) is 12.2. The van der Waals surface area contributed by atoms with Crippen LogP contribution in [0.4, 0.5) is 4.39 Å². The van der Waals surface area contributed by atoms with Gasteiger partial charge in [-0.25, -0.2) is 9.07 Å². The van der Waals surface area contributed by atoms with Gasteiger partial charge in [0.25, 0.3) is 0 Å². The molecule has 0 unspecified atom stereocenters. The Morgan fingerprint density at radius 1 is 1.35 bits per heavy atom. The van der Waals surface area contributed by atoms with Crippen LogP contribution in [-0.2, 0) is 6.54 Å². The first-order chi connectivity index (χ1) is 9.41. The van der Waals surface area contributed by atoms with Gasteiger partial charge in [-0.05, 0) is 25.5 Å². The van der Waals surface area contributed by atoms with E-state index >= 15 is 0 Å². The average molecular weight is 296 g/mol. The third-order valence-corrected chi connectivity index (χ3v) is 3.73. The smallest absolute Gasteiger partial charge is 0.149 e. The molecule has 0 radical (unpaired) electrons. The molecule has 0 atom stereocenters. The molecule has 1 aromatic carbocycles. The molecule has 0 aliphatic heterocycles.